The van der Waals surface area contributed by atoms with Gasteiger partial charge in [0.2, 0.25) is 0 Å². The highest BCUT2D eigenvalue weighted by Gasteiger charge is 2.18. The van der Waals surface area contributed by atoms with Crippen LogP contribution in [0.2, 0.25) is 0 Å². The molecule has 1 aromatic heterocycles. The van der Waals surface area contributed by atoms with Crippen molar-refractivity contribution in [2.45, 2.75) is 51.5 Å². The first-order valence-electron chi connectivity index (χ1n) is 7.98. The molecule has 0 bridgehead atoms. The third-order valence-corrected chi connectivity index (χ3v) is 4.77. The van der Waals surface area contributed by atoms with Crippen molar-refractivity contribution in [2.24, 2.45) is 5.92 Å². The summed E-state index contributed by atoms with van der Waals surface area (Å²) < 4.78 is 2.41. The number of nitrogens with zero attached hydrogens (tertiary/aromatic N) is 1. The van der Waals surface area contributed by atoms with Gasteiger partial charge in [-0.1, -0.05) is 38.3 Å². The van der Waals surface area contributed by atoms with Crippen molar-refractivity contribution in [1.82, 2.24) is 4.57 Å². The van der Waals surface area contributed by atoms with E-state index in [-0.39, 0.29) is 5.92 Å². The highest BCUT2D eigenvalue weighted by atomic mass is 16.4. The van der Waals surface area contributed by atoms with E-state index in [1.54, 1.807) is 6.92 Å². The van der Waals surface area contributed by atoms with Gasteiger partial charge in [-0.3, -0.25) is 4.79 Å². The molecule has 0 radical (unpaired) electrons. The number of benzene rings is 1. The van der Waals surface area contributed by atoms with Crippen molar-refractivity contribution in [3.8, 4) is 0 Å². The highest BCUT2D eigenvalue weighted by Crippen LogP contribution is 2.32. The van der Waals surface area contributed by atoms with Crippen LogP contribution in [0.4, 0.5) is 0 Å². The van der Waals surface area contributed by atoms with E-state index in [2.05, 4.69) is 35.0 Å². The number of aromatic nitrogens is 1. The monoisotopic (exact) mass is 285 g/mol. The summed E-state index contributed by atoms with van der Waals surface area (Å²) in [6.45, 7) is 1.78. The van der Waals surface area contributed by atoms with Crippen LogP contribution in [-0.2, 0) is 11.2 Å². The standard InChI is InChI=1S/C18H23NO2/c1-13(18(20)21)12-14-6-5-9-17-16(14)10-11-19(17)15-7-3-2-4-8-15/h5-6,9-11,13,15H,2-4,7-8,12H2,1H3,(H,20,21). The molecule has 1 fully saturated rings. The number of hydrogen-bond donors (Lipinski definition) is 1. The summed E-state index contributed by atoms with van der Waals surface area (Å²) >= 11 is 0. The number of fused-ring (bicyclic) bond motifs is 1. The Labute approximate surface area is 125 Å². The van der Waals surface area contributed by atoms with Gasteiger partial charge in [0, 0.05) is 23.1 Å². The van der Waals surface area contributed by atoms with Crippen LogP contribution in [-0.4, -0.2) is 15.6 Å². The number of aliphatic carboxylic acids is 1. The van der Waals surface area contributed by atoms with Gasteiger partial charge >= 0.3 is 5.97 Å². The smallest absolute Gasteiger partial charge is 0.306 e. The van der Waals surface area contributed by atoms with Gasteiger partial charge in [-0.2, -0.15) is 0 Å². The summed E-state index contributed by atoms with van der Waals surface area (Å²) in [5.74, 6) is -1.06. The van der Waals surface area contributed by atoms with Crippen LogP contribution in [0.5, 0.6) is 0 Å². The van der Waals surface area contributed by atoms with Crippen molar-refractivity contribution in [3.63, 3.8) is 0 Å². The van der Waals surface area contributed by atoms with Crippen LogP contribution < -0.4 is 0 Å². The lowest BCUT2D eigenvalue weighted by molar-refractivity contribution is -0.141. The zero-order valence-electron chi connectivity index (χ0n) is 12.6. The Hall–Kier alpha value is -1.77. The van der Waals surface area contributed by atoms with Gasteiger partial charge in [0.25, 0.3) is 0 Å². The lowest BCUT2D eigenvalue weighted by Gasteiger charge is -2.24. The molecular formula is C18H23NO2. The summed E-state index contributed by atoms with van der Waals surface area (Å²) in [5, 5.41) is 10.3. The molecule has 2 aromatic rings. The molecule has 1 saturated carbocycles. The molecule has 112 valence electrons. The molecule has 0 amide bonds. The summed E-state index contributed by atoms with van der Waals surface area (Å²) in [4.78, 5) is 11.1. The molecule has 3 heteroatoms. The Bertz CT molecular complexity index is 638. The SMILES string of the molecule is CC(Cc1cccc2c1ccn2C1CCCCC1)C(=O)O. The van der Waals surface area contributed by atoms with Gasteiger partial charge in [0.1, 0.15) is 0 Å². The Balaban J connectivity index is 1.93. The highest BCUT2D eigenvalue weighted by molar-refractivity contribution is 5.84. The third-order valence-electron chi connectivity index (χ3n) is 4.77. The molecule has 1 atom stereocenters. The fraction of sp³-hybridized carbons (Fsp3) is 0.500. The van der Waals surface area contributed by atoms with Crippen LogP contribution in [0.15, 0.2) is 30.5 Å². The second-order valence-corrected chi connectivity index (χ2v) is 6.31. The Morgan fingerprint density at radius 1 is 1.29 bits per heavy atom. The minimum absolute atomic E-state index is 0.339. The molecule has 1 aromatic carbocycles. The fourth-order valence-corrected chi connectivity index (χ4v) is 3.52. The first-order valence-corrected chi connectivity index (χ1v) is 7.98. The average Bonchev–Trinajstić information content (AvgIpc) is 2.93. The van der Waals surface area contributed by atoms with E-state index in [1.165, 1.54) is 43.0 Å². The van der Waals surface area contributed by atoms with E-state index in [9.17, 15) is 4.79 Å². The summed E-state index contributed by atoms with van der Waals surface area (Å²) in [5.41, 5.74) is 2.41. The lowest BCUT2D eigenvalue weighted by Crippen LogP contribution is -2.13. The number of carboxylic acids is 1. The predicted octanol–water partition coefficient (Wildman–Crippen LogP) is 4.41. The van der Waals surface area contributed by atoms with E-state index in [4.69, 9.17) is 5.11 Å². The molecule has 21 heavy (non-hydrogen) atoms. The molecule has 3 rings (SSSR count). The molecule has 1 aliphatic rings. The quantitative estimate of drug-likeness (QED) is 0.904. The summed E-state index contributed by atoms with van der Waals surface area (Å²) in [6.07, 6.45) is 9.31. The van der Waals surface area contributed by atoms with Crippen molar-refractivity contribution in [2.75, 3.05) is 0 Å². The van der Waals surface area contributed by atoms with Crippen molar-refractivity contribution < 1.29 is 9.90 Å². The zero-order chi connectivity index (χ0) is 14.8. The maximum Gasteiger partial charge on any atom is 0.306 e. The Morgan fingerprint density at radius 2 is 2.05 bits per heavy atom. The predicted molar refractivity (Wildman–Crippen MR) is 84.6 cm³/mol. The van der Waals surface area contributed by atoms with Gasteiger partial charge in [0.05, 0.1) is 5.92 Å². The topological polar surface area (TPSA) is 42.2 Å². The molecule has 0 spiro atoms. The van der Waals surface area contributed by atoms with Crippen molar-refractivity contribution in [1.29, 1.82) is 0 Å². The molecule has 3 nitrogen and oxygen atoms in total. The van der Waals surface area contributed by atoms with Crippen LogP contribution in [0, 0.1) is 5.92 Å². The van der Waals surface area contributed by atoms with Crippen LogP contribution in [0.25, 0.3) is 10.9 Å². The largest absolute Gasteiger partial charge is 0.481 e. The fourth-order valence-electron chi connectivity index (χ4n) is 3.52. The van der Waals surface area contributed by atoms with Crippen LogP contribution >= 0.6 is 0 Å². The van der Waals surface area contributed by atoms with E-state index in [0.717, 1.165) is 5.56 Å². The maximum absolute atomic E-state index is 11.1. The number of rotatable bonds is 4. The second-order valence-electron chi connectivity index (χ2n) is 6.31. The third kappa shape index (κ3) is 2.82. The molecular weight excluding hydrogens is 262 g/mol. The minimum atomic E-state index is -0.723. The number of hydrogen-bond acceptors (Lipinski definition) is 1. The van der Waals surface area contributed by atoms with Gasteiger partial charge in [-0.05, 0) is 37.0 Å². The first kappa shape index (κ1) is 14.2. The van der Waals surface area contributed by atoms with E-state index in [1.807, 2.05) is 0 Å². The minimum Gasteiger partial charge on any atom is -0.481 e. The van der Waals surface area contributed by atoms with E-state index >= 15 is 0 Å². The second kappa shape index (κ2) is 5.92. The molecule has 1 heterocycles. The van der Waals surface area contributed by atoms with Gasteiger partial charge < -0.3 is 9.67 Å². The molecule has 0 aliphatic heterocycles. The van der Waals surface area contributed by atoms with Crippen molar-refractivity contribution in [3.05, 3.63) is 36.0 Å². The molecule has 0 saturated heterocycles. The zero-order valence-corrected chi connectivity index (χ0v) is 12.6. The maximum atomic E-state index is 11.1. The van der Waals surface area contributed by atoms with Crippen molar-refractivity contribution >= 4 is 16.9 Å². The van der Waals surface area contributed by atoms with E-state index < -0.39 is 5.97 Å². The van der Waals surface area contributed by atoms with Gasteiger partial charge in [-0.15, -0.1) is 0 Å². The summed E-state index contributed by atoms with van der Waals surface area (Å²) in [6, 6.07) is 9.06. The number of carbonyl (C=O) groups is 1. The lowest BCUT2D eigenvalue weighted by atomic mass is 9.95. The first-order chi connectivity index (χ1) is 10.2. The Kier molecular flexibility index (Phi) is 4.00. The normalized spacial score (nSPS) is 18.0. The Morgan fingerprint density at radius 3 is 2.76 bits per heavy atom. The van der Waals surface area contributed by atoms with Crippen LogP contribution in [0.3, 0.4) is 0 Å². The average molecular weight is 285 g/mol. The van der Waals surface area contributed by atoms with E-state index in [0.29, 0.717) is 12.5 Å². The molecule has 1 N–H and O–H groups in total. The number of carboxylic acid groups (broad SMARTS) is 1. The van der Waals surface area contributed by atoms with Crippen LogP contribution in [0.1, 0.15) is 50.6 Å². The molecule has 1 unspecified atom stereocenters. The van der Waals surface area contributed by atoms with Gasteiger partial charge in [-0.25, -0.2) is 0 Å². The summed E-state index contributed by atoms with van der Waals surface area (Å²) in [7, 11) is 0. The van der Waals surface area contributed by atoms with Gasteiger partial charge in [0.15, 0.2) is 0 Å². The molecule has 1 aliphatic carbocycles.